The summed E-state index contributed by atoms with van der Waals surface area (Å²) in [5.41, 5.74) is 2.27. The summed E-state index contributed by atoms with van der Waals surface area (Å²) in [7, 11) is 1.70. The smallest absolute Gasteiger partial charge is 0.243 e. The Morgan fingerprint density at radius 3 is 2.27 bits per heavy atom. The van der Waals surface area contributed by atoms with Crippen molar-refractivity contribution < 1.29 is 14.3 Å². The second-order valence-corrected chi connectivity index (χ2v) is 5.65. The van der Waals surface area contributed by atoms with Gasteiger partial charge in [-0.25, -0.2) is 0 Å². The van der Waals surface area contributed by atoms with E-state index >= 15 is 0 Å². The number of benzene rings is 2. The molecule has 0 saturated heterocycles. The molecule has 0 radical (unpaired) electrons. The molecule has 0 spiro atoms. The van der Waals surface area contributed by atoms with Crippen LogP contribution in [0.4, 0.5) is 17.1 Å². The first-order valence-electron chi connectivity index (χ1n) is 8.21. The molecule has 0 saturated carbocycles. The molecule has 0 aliphatic heterocycles. The quantitative estimate of drug-likeness (QED) is 0.715. The average molecular weight is 353 g/mol. The molecular weight excluding hydrogens is 330 g/mol. The Bertz CT molecular complexity index is 755. The minimum atomic E-state index is -0.162. The fourth-order valence-corrected chi connectivity index (χ4v) is 2.16. The Morgan fingerprint density at radius 2 is 1.69 bits per heavy atom. The zero-order valence-corrected chi connectivity index (χ0v) is 15.0. The summed E-state index contributed by atoms with van der Waals surface area (Å²) >= 11 is 0. The van der Waals surface area contributed by atoms with Gasteiger partial charge in [0.05, 0.1) is 6.54 Å². The fraction of sp³-hybridized carbons (Fsp3) is 0.200. The van der Waals surface area contributed by atoms with Gasteiger partial charge >= 0.3 is 0 Å². The molecule has 0 fully saturated rings. The van der Waals surface area contributed by atoms with Gasteiger partial charge < -0.3 is 20.3 Å². The number of rotatable bonds is 8. The monoisotopic (exact) mass is 353 g/mol. The molecule has 2 N–H and O–H groups in total. The Labute approximate surface area is 153 Å². The van der Waals surface area contributed by atoms with Crippen molar-refractivity contribution >= 4 is 28.9 Å². The Hall–Kier alpha value is -3.28. The molecule has 0 atom stereocenters. The van der Waals surface area contributed by atoms with E-state index in [9.17, 15) is 9.59 Å². The van der Waals surface area contributed by atoms with E-state index in [1.807, 2.05) is 24.3 Å². The Balaban J connectivity index is 1.83. The van der Waals surface area contributed by atoms with E-state index in [4.69, 9.17) is 4.74 Å². The molecule has 0 unspecified atom stereocenters. The summed E-state index contributed by atoms with van der Waals surface area (Å²) in [5.74, 6) is 0.534. The van der Waals surface area contributed by atoms with Crippen molar-refractivity contribution in [3.8, 4) is 5.75 Å². The molecule has 6 heteroatoms. The predicted molar refractivity (Wildman–Crippen MR) is 105 cm³/mol. The topological polar surface area (TPSA) is 70.7 Å². The van der Waals surface area contributed by atoms with Crippen molar-refractivity contribution in [2.75, 3.05) is 35.7 Å². The highest BCUT2D eigenvalue weighted by Gasteiger charge is 2.06. The zero-order chi connectivity index (χ0) is 18.9. The maximum absolute atomic E-state index is 12.0. The Kier molecular flexibility index (Phi) is 6.79. The van der Waals surface area contributed by atoms with Crippen LogP contribution in [0.15, 0.2) is 61.2 Å². The van der Waals surface area contributed by atoms with Gasteiger partial charge in [0, 0.05) is 31.0 Å². The number of carbonyl (C=O) groups excluding carboxylic acids is 2. The molecule has 6 nitrogen and oxygen atoms in total. The van der Waals surface area contributed by atoms with Crippen LogP contribution < -0.4 is 20.3 Å². The summed E-state index contributed by atoms with van der Waals surface area (Å²) in [6.07, 6.45) is 1.68. The minimum absolute atomic E-state index is 0.0492. The maximum Gasteiger partial charge on any atom is 0.243 e. The summed E-state index contributed by atoms with van der Waals surface area (Å²) in [4.78, 5) is 24.9. The van der Waals surface area contributed by atoms with Gasteiger partial charge in [0.2, 0.25) is 11.8 Å². The van der Waals surface area contributed by atoms with Gasteiger partial charge in [-0.1, -0.05) is 12.7 Å². The molecular formula is C20H23N3O3. The van der Waals surface area contributed by atoms with Crippen LogP contribution in [0.1, 0.15) is 6.92 Å². The molecule has 2 rings (SSSR count). The minimum Gasteiger partial charge on any atom is -0.490 e. The van der Waals surface area contributed by atoms with E-state index < -0.39 is 0 Å². The first kappa shape index (κ1) is 19.1. The highest BCUT2D eigenvalue weighted by molar-refractivity contribution is 5.94. The second-order valence-electron chi connectivity index (χ2n) is 5.65. The molecule has 2 amide bonds. The van der Waals surface area contributed by atoms with Crippen LogP contribution >= 0.6 is 0 Å². The van der Waals surface area contributed by atoms with Gasteiger partial charge in [-0.2, -0.15) is 0 Å². The van der Waals surface area contributed by atoms with E-state index in [0.29, 0.717) is 12.3 Å². The Morgan fingerprint density at radius 1 is 1.08 bits per heavy atom. The third kappa shape index (κ3) is 5.66. The molecule has 0 aliphatic carbocycles. The summed E-state index contributed by atoms with van der Waals surface area (Å²) < 4.78 is 5.41. The predicted octanol–water partition coefficient (Wildman–Crippen LogP) is 3.28. The van der Waals surface area contributed by atoms with E-state index in [1.54, 1.807) is 37.4 Å². The standard InChI is InChI=1S/C20H23N3O3/c1-4-13-26-19-11-7-16(8-12-19)21-14-20(25)22-17-5-9-18(10-6-17)23(3)15(2)24/h4-12,21H,1,13-14H2,2-3H3,(H,22,25). The number of nitrogens with zero attached hydrogens (tertiary/aromatic N) is 1. The van der Waals surface area contributed by atoms with Gasteiger partial charge in [-0.15, -0.1) is 0 Å². The molecule has 0 aromatic heterocycles. The molecule has 26 heavy (non-hydrogen) atoms. The summed E-state index contributed by atoms with van der Waals surface area (Å²) in [5, 5.41) is 5.86. The third-order valence-corrected chi connectivity index (χ3v) is 3.69. The van der Waals surface area contributed by atoms with Crippen molar-refractivity contribution in [1.82, 2.24) is 0 Å². The van der Waals surface area contributed by atoms with Crippen LogP contribution in [0.3, 0.4) is 0 Å². The molecule has 2 aromatic rings. The zero-order valence-electron chi connectivity index (χ0n) is 15.0. The SMILES string of the molecule is C=CCOc1ccc(NCC(=O)Nc2ccc(N(C)C(C)=O)cc2)cc1. The number of hydrogen-bond donors (Lipinski definition) is 2. The van der Waals surface area contributed by atoms with Crippen molar-refractivity contribution in [2.24, 2.45) is 0 Å². The van der Waals surface area contributed by atoms with E-state index in [-0.39, 0.29) is 18.4 Å². The highest BCUT2D eigenvalue weighted by atomic mass is 16.5. The van der Waals surface area contributed by atoms with Crippen molar-refractivity contribution in [3.63, 3.8) is 0 Å². The van der Waals surface area contributed by atoms with Gasteiger partial charge in [0.15, 0.2) is 0 Å². The van der Waals surface area contributed by atoms with E-state index in [1.165, 1.54) is 11.8 Å². The lowest BCUT2D eigenvalue weighted by atomic mass is 10.2. The lowest BCUT2D eigenvalue weighted by Crippen LogP contribution is -2.23. The number of carbonyl (C=O) groups is 2. The number of amides is 2. The maximum atomic E-state index is 12.0. The molecule has 0 heterocycles. The second kappa shape index (κ2) is 9.27. The largest absolute Gasteiger partial charge is 0.490 e. The first-order chi connectivity index (χ1) is 12.5. The van der Waals surface area contributed by atoms with E-state index in [2.05, 4.69) is 17.2 Å². The fourth-order valence-electron chi connectivity index (χ4n) is 2.16. The van der Waals surface area contributed by atoms with Crippen LogP contribution in [0.2, 0.25) is 0 Å². The van der Waals surface area contributed by atoms with Crippen LogP contribution in [0.5, 0.6) is 5.75 Å². The van der Waals surface area contributed by atoms with Crippen LogP contribution in [0, 0.1) is 0 Å². The van der Waals surface area contributed by atoms with Crippen molar-refractivity contribution in [3.05, 3.63) is 61.2 Å². The summed E-state index contributed by atoms with van der Waals surface area (Å²) in [6, 6.07) is 14.4. The molecule has 0 aliphatic rings. The van der Waals surface area contributed by atoms with E-state index in [0.717, 1.165) is 17.1 Å². The van der Waals surface area contributed by atoms with Crippen LogP contribution in [-0.4, -0.2) is 32.0 Å². The van der Waals surface area contributed by atoms with Gasteiger partial charge in [0.25, 0.3) is 0 Å². The summed E-state index contributed by atoms with van der Waals surface area (Å²) in [6.45, 7) is 5.69. The lowest BCUT2D eigenvalue weighted by Gasteiger charge is -2.15. The first-order valence-corrected chi connectivity index (χ1v) is 8.21. The number of ether oxygens (including phenoxy) is 1. The average Bonchev–Trinajstić information content (AvgIpc) is 2.65. The molecule has 0 bridgehead atoms. The van der Waals surface area contributed by atoms with Crippen molar-refractivity contribution in [2.45, 2.75) is 6.92 Å². The number of nitrogens with one attached hydrogen (secondary N) is 2. The number of hydrogen-bond acceptors (Lipinski definition) is 4. The van der Waals surface area contributed by atoms with Gasteiger partial charge in [-0.05, 0) is 48.5 Å². The van der Waals surface area contributed by atoms with Crippen molar-refractivity contribution in [1.29, 1.82) is 0 Å². The number of anilines is 3. The van der Waals surface area contributed by atoms with Gasteiger partial charge in [-0.3, -0.25) is 9.59 Å². The lowest BCUT2D eigenvalue weighted by molar-refractivity contribution is -0.116. The third-order valence-electron chi connectivity index (χ3n) is 3.69. The highest BCUT2D eigenvalue weighted by Crippen LogP contribution is 2.17. The van der Waals surface area contributed by atoms with Crippen LogP contribution in [0.25, 0.3) is 0 Å². The molecule has 136 valence electrons. The van der Waals surface area contributed by atoms with Crippen LogP contribution in [-0.2, 0) is 9.59 Å². The molecule has 2 aromatic carbocycles. The normalized spacial score (nSPS) is 9.92. The van der Waals surface area contributed by atoms with Gasteiger partial charge in [0.1, 0.15) is 12.4 Å².